The molecule has 4 rings (SSSR count). The summed E-state index contributed by atoms with van der Waals surface area (Å²) in [5.74, 6) is -0.365. The van der Waals surface area contributed by atoms with Crippen molar-refractivity contribution in [2.24, 2.45) is 0 Å². The van der Waals surface area contributed by atoms with Crippen LogP contribution in [0.15, 0.2) is 83.8 Å². The number of nitrogens with zero attached hydrogens (tertiary/aromatic N) is 2. The zero-order valence-electron chi connectivity index (χ0n) is 20.4. The zero-order valence-corrected chi connectivity index (χ0v) is 21.9. The molecule has 8 heteroatoms. The van der Waals surface area contributed by atoms with Crippen LogP contribution in [0.5, 0.6) is 0 Å². The Balaban J connectivity index is 1.43. The molecule has 0 radical (unpaired) electrons. The van der Waals surface area contributed by atoms with Crippen LogP contribution in [0.2, 0.25) is 5.02 Å². The van der Waals surface area contributed by atoms with Crippen molar-refractivity contribution in [2.45, 2.75) is 35.7 Å². The van der Waals surface area contributed by atoms with E-state index in [1.807, 2.05) is 24.3 Å². The first-order valence-electron chi connectivity index (χ1n) is 12.1. The van der Waals surface area contributed by atoms with Crippen LogP contribution in [0.4, 0.5) is 4.39 Å². The molecule has 0 saturated carbocycles. The normalized spacial score (nSPS) is 17.2. The molecule has 1 unspecified atom stereocenters. The summed E-state index contributed by atoms with van der Waals surface area (Å²) in [6.07, 6.45) is 1.86. The Labute approximate surface area is 218 Å². The van der Waals surface area contributed by atoms with Crippen LogP contribution in [0.3, 0.4) is 0 Å². The SMILES string of the molecule is CN(CC(CCN1CCC(O)(c2ccc(F)cc2)CC1)c1cccc(Cl)c1)S(=O)(=O)c1ccccc1. The maximum Gasteiger partial charge on any atom is 0.242 e. The largest absolute Gasteiger partial charge is 0.385 e. The molecular weight excluding hydrogens is 499 g/mol. The lowest BCUT2D eigenvalue weighted by Gasteiger charge is -2.39. The number of piperidine rings is 1. The predicted octanol–water partition coefficient (Wildman–Crippen LogP) is 5.26. The number of hydrogen-bond donors (Lipinski definition) is 1. The molecule has 1 aliphatic heterocycles. The highest BCUT2D eigenvalue weighted by molar-refractivity contribution is 7.89. The lowest BCUT2D eigenvalue weighted by molar-refractivity contribution is -0.0264. The minimum Gasteiger partial charge on any atom is -0.385 e. The van der Waals surface area contributed by atoms with Gasteiger partial charge in [0.1, 0.15) is 5.82 Å². The first-order valence-corrected chi connectivity index (χ1v) is 14.0. The van der Waals surface area contributed by atoms with E-state index in [4.69, 9.17) is 11.6 Å². The van der Waals surface area contributed by atoms with Gasteiger partial charge in [0.2, 0.25) is 10.0 Å². The number of benzene rings is 3. The minimum absolute atomic E-state index is 0.0508. The molecule has 1 heterocycles. The Hall–Kier alpha value is -2.29. The second-order valence-electron chi connectivity index (χ2n) is 9.52. The highest BCUT2D eigenvalue weighted by Crippen LogP contribution is 2.34. The van der Waals surface area contributed by atoms with Crippen LogP contribution in [-0.4, -0.2) is 56.0 Å². The van der Waals surface area contributed by atoms with Crippen LogP contribution in [0.25, 0.3) is 0 Å². The lowest BCUT2D eigenvalue weighted by atomic mass is 9.84. The summed E-state index contributed by atoms with van der Waals surface area (Å²) in [4.78, 5) is 2.56. The molecule has 192 valence electrons. The molecule has 1 N–H and O–H groups in total. The first-order chi connectivity index (χ1) is 17.2. The second-order valence-corrected chi connectivity index (χ2v) is 12.0. The summed E-state index contributed by atoms with van der Waals surface area (Å²) < 4.78 is 41.0. The topological polar surface area (TPSA) is 60.9 Å². The molecule has 0 amide bonds. The Morgan fingerprint density at radius 2 is 1.69 bits per heavy atom. The third-order valence-corrected chi connectivity index (χ3v) is 9.18. The van der Waals surface area contributed by atoms with Gasteiger partial charge in [0.15, 0.2) is 0 Å². The van der Waals surface area contributed by atoms with E-state index >= 15 is 0 Å². The standard InChI is InChI=1S/C28H32ClFN2O3S/c1-31(36(34,35)27-8-3-2-4-9-27)21-23(22-6-5-7-25(29)20-22)14-17-32-18-15-28(33,16-19-32)24-10-12-26(30)13-11-24/h2-13,20,23,33H,14-19,21H2,1H3. The third-order valence-electron chi connectivity index (χ3n) is 7.11. The van der Waals surface area contributed by atoms with E-state index < -0.39 is 15.6 Å². The lowest BCUT2D eigenvalue weighted by Crippen LogP contribution is -2.43. The fraction of sp³-hybridized carbons (Fsp3) is 0.357. The van der Waals surface area contributed by atoms with Gasteiger partial charge in [0.25, 0.3) is 0 Å². The van der Waals surface area contributed by atoms with Gasteiger partial charge < -0.3 is 10.0 Å². The van der Waals surface area contributed by atoms with Gasteiger partial charge in [-0.1, -0.05) is 54.1 Å². The van der Waals surface area contributed by atoms with E-state index in [0.717, 1.165) is 24.1 Å². The summed E-state index contributed by atoms with van der Waals surface area (Å²) in [7, 11) is -2.00. The van der Waals surface area contributed by atoms with Gasteiger partial charge in [-0.15, -0.1) is 0 Å². The van der Waals surface area contributed by atoms with Gasteiger partial charge in [0.05, 0.1) is 10.5 Å². The van der Waals surface area contributed by atoms with Gasteiger partial charge in [-0.05, 0) is 79.3 Å². The predicted molar refractivity (Wildman–Crippen MR) is 141 cm³/mol. The van der Waals surface area contributed by atoms with Crippen molar-refractivity contribution in [3.05, 3.63) is 101 Å². The third kappa shape index (κ3) is 6.33. The van der Waals surface area contributed by atoms with Gasteiger partial charge in [0, 0.05) is 31.7 Å². The monoisotopic (exact) mass is 530 g/mol. The number of likely N-dealkylation sites (N-methyl/N-ethyl adjacent to an activating group) is 1. The molecule has 0 aliphatic carbocycles. The molecule has 1 aliphatic rings. The first kappa shape index (κ1) is 26.8. The molecule has 5 nitrogen and oxygen atoms in total. The smallest absolute Gasteiger partial charge is 0.242 e. The van der Waals surface area contributed by atoms with Crippen LogP contribution >= 0.6 is 11.6 Å². The number of aliphatic hydroxyl groups is 1. The number of halogens is 2. The average Bonchev–Trinajstić information content (AvgIpc) is 2.88. The summed E-state index contributed by atoms with van der Waals surface area (Å²) in [5.41, 5.74) is 0.783. The van der Waals surface area contributed by atoms with Gasteiger partial charge in [-0.25, -0.2) is 17.1 Å². The van der Waals surface area contributed by atoms with E-state index in [9.17, 15) is 17.9 Å². The van der Waals surface area contributed by atoms with Crippen molar-refractivity contribution in [1.82, 2.24) is 9.21 Å². The molecule has 1 fully saturated rings. The van der Waals surface area contributed by atoms with Crippen molar-refractivity contribution in [3.63, 3.8) is 0 Å². The molecule has 36 heavy (non-hydrogen) atoms. The van der Waals surface area contributed by atoms with Crippen molar-refractivity contribution in [1.29, 1.82) is 0 Å². The molecule has 0 bridgehead atoms. The molecule has 3 aromatic carbocycles. The minimum atomic E-state index is -3.62. The highest BCUT2D eigenvalue weighted by Gasteiger charge is 2.34. The van der Waals surface area contributed by atoms with Crippen LogP contribution in [0, 0.1) is 5.82 Å². The van der Waals surface area contributed by atoms with Gasteiger partial charge in [-0.2, -0.15) is 0 Å². The molecule has 0 spiro atoms. The fourth-order valence-electron chi connectivity index (χ4n) is 4.84. The molecule has 3 aromatic rings. The van der Waals surface area contributed by atoms with E-state index in [0.29, 0.717) is 37.5 Å². The Kier molecular flexibility index (Phi) is 8.48. The van der Waals surface area contributed by atoms with Gasteiger partial charge >= 0.3 is 0 Å². The number of sulfonamides is 1. The quantitative estimate of drug-likeness (QED) is 0.410. The van der Waals surface area contributed by atoms with E-state index in [1.165, 1.54) is 16.4 Å². The second kappa shape index (κ2) is 11.4. The maximum atomic E-state index is 13.3. The van der Waals surface area contributed by atoms with E-state index in [2.05, 4.69) is 4.90 Å². The zero-order chi connectivity index (χ0) is 25.8. The summed E-state index contributed by atoms with van der Waals surface area (Å²) >= 11 is 6.27. The van der Waals surface area contributed by atoms with Crippen LogP contribution in [0.1, 0.15) is 36.3 Å². The number of rotatable bonds is 9. The number of likely N-dealkylation sites (tertiary alicyclic amines) is 1. The highest BCUT2D eigenvalue weighted by atomic mass is 35.5. The van der Waals surface area contributed by atoms with Crippen LogP contribution < -0.4 is 0 Å². The van der Waals surface area contributed by atoms with Crippen molar-refractivity contribution in [2.75, 3.05) is 33.2 Å². The Bertz CT molecular complexity index is 1250. The van der Waals surface area contributed by atoms with E-state index in [1.54, 1.807) is 49.5 Å². The molecule has 1 saturated heterocycles. The average molecular weight is 531 g/mol. The van der Waals surface area contributed by atoms with E-state index in [-0.39, 0.29) is 16.6 Å². The van der Waals surface area contributed by atoms with Gasteiger partial charge in [-0.3, -0.25) is 0 Å². The fourth-order valence-corrected chi connectivity index (χ4v) is 6.27. The Morgan fingerprint density at radius 1 is 1.03 bits per heavy atom. The molecular formula is C28H32ClFN2O3S. The summed E-state index contributed by atoms with van der Waals surface area (Å²) in [5, 5.41) is 11.7. The van der Waals surface area contributed by atoms with Crippen molar-refractivity contribution >= 4 is 21.6 Å². The van der Waals surface area contributed by atoms with Crippen molar-refractivity contribution in [3.8, 4) is 0 Å². The number of hydrogen-bond acceptors (Lipinski definition) is 4. The van der Waals surface area contributed by atoms with Crippen LogP contribution in [-0.2, 0) is 15.6 Å². The van der Waals surface area contributed by atoms with Crippen molar-refractivity contribution < 1.29 is 17.9 Å². The molecule has 1 atom stereocenters. The summed E-state index contributed by atoms with van der Waals surface area (Å²) in [6.45, 7) is 2.49. The summed E-state index contributed by atoms with van der Waals surface area (Å²) in [6, 6.07) is 22.1. The Morgan fingerprint density at radius 3 is 2.33 bits per heavy atom. The maximum absolute atomic E-state index is 13.3. The molecule has 0 aromatic heterocycles.